The van der Waals surface area contributed by atoms with Gasteiger partial charge < -0.3 is 11.1 Å². The molecule has 0 unspecified atom stereocenters. The summed E-state index contributed by atoms with van der Waals surface area (Å²) in [4.78, 5) is 0.0574. The maximum atomic E-state index is 13.6. The summed E-state index contributed by atoms with van der Waals surface area (Å²) in [6.45, 7) is 0.658. The number of hydrogen-bond donors (Lipinski definition) is 2. The van der Waals surface area contributed by atoms with Crippen molar-refractivity contribution < 1.29 is 4.39 Å². The van der Waals surface area contributed by atoms with Gasteiger partial charge in [0.2, 0.25) is 0 Å². The van der Waals surface area contributed by atoms with Crippen LogP contribution in [0.15, 0.2) is 30.6 Å². The summed E-state index contributed by atoms with van der Waals surface area (Å²) in [5.74, 6) is -0.404. The van der Waals surface area contributed by atoms with E-state index in [4.69, 9.17) is 18.0 Å². The van der Waals surface area contributed by atoms with Gasteiger partial charge in [0, 0.05) is 25.5 Å². The van der Waals surface area contributed by atoms with E-state index in [9.17, 15) is 4.39 Å². The van der Waals surface area contributed by atoms with Crippen molar-refractivity contribution in [3.05, 3.63) is 47.5 Å². The molecule has 0 saturated heterocycles. The quantitative estimate of drug-likeness (QED) is 0.820. The molecule has 1 heterocycles. The molecule has 100 valence electrons. The standard InChI is InChI=1S/C13H15FN4S/c1-18-8-9(7-17-18)5-6-16-11-4-2-3-10(14)12(11)13(15)19/h2-4,7-8,16H,5-6H2,1H3,(H2,15,19). The molecule has 0 atom stereocenters. The fourth-order valence-corrected chi connectivity index (χ4v) is 2.07. The number of nitrogens with two attached hydrogens (primary N) is 1. The molecule has 2 rings (SSSR count). The minimum absolute atomic E-state index is 0.0574. The number of benzene rings is 1. The number of hydrogen-bond acceptors (Lipinski definition) is 3. The fraction of sp³-hybridized carbons (Fsp3) is 0.231. The zero-order valence-corrected chi connectivity index (χ0v) is 11.4. The molecule has 0 aliphatic carbocycles. The second-order valence-corrected chi connectivity index (χ2v) is 4.67. The van der Waals surface area contributed by atoms with Gasteiger partial charge in [-0.3, -0.25) is 4.68 Å². The Morgan fingerprint density at radius 1 is 1.53 bits per heavy atom. The van der Waals surface area contributed by atoms with Crippen LogP contribution in [0.25, 0.3) is 0 Å². The zero-order chi connectivity index (χ0) is 13.8. The highest BCUT2D eigenvalue weighted by Crippen LogP contribution is 2.18. The molecule has 0 aliphatic rings. The predicted molar refractivity (Wildman–Crippen MR) is 77.7 cm³/mol. The van der Waals surface area contributed by atoms with Gasteiger partial charge in [-0.1, -0.05) is 18.3 Å². The summed E-state index contributed by atoms with van der Waals surface area (Å²) >= 11 is 4.87. The van der Waals surface area contributed by atoms with Crippen molar-refractivity contribution in [2.75, 3.05) is 11.9 Å². The lowest BCUT2D eigenvalue weighted by Gasteiger charge is -2.11. The number of aryl methyl sites for hydroxylation is 1. The van der Waals surface area contributed by atoms with Gasteiger partial charge >= 0.3 is 0 Å². The molecule has 4 nitrogen and oxygen atoms in total. The Hall–Kier alpha value is -1.95. The summed E-state index contributed by atoms with van der Waals surface area (Å²) in [7, 11) is 1.87. The monoisotopic (exact) mass is 278 g/mol. The Morgan fingerprint density at radius 3 is 2.95 bits per heavy atom. The minimum atomic E-state index is -0.404. The van der Waals surface area contributed by atoms with E-state index in [1.54, 1.807) is 16.8 Å². The van der Waals surface area contributed by atoms with E-state index in [-0.39, 0.29) is 10.6 Å². The van der Waals surface area contributed by atoms with Gasteiger partial charge in [-0.05, 0) is 24.1 Å². The van der Waals surface area contributed by atoms with Gasteiger partial charge in [-0.2, -0.15) is 5.10 Å². The number of rotatable bonds is 5. The third kappa shape index (κ3) is 3.29. The van der Waals surface area contributed by atoms with Crippen molar-refractivity contribution in [2.45, 2.75) is 6.42 Å². The number of anilines is 1. The molecule has 0 saturated carbocycles. The second kappa shape index (κ2) is 5.79. The Balaban J connectivity index is 2.03. The molecule has 0 aliphatic heterocycles. The fourth-order valence-electron chi connectivity index (χ4n) is 1.86. The first kappa shape index (κ1) is 13.5. The third-order valence-corrected chi connectivity index (χ3v) is 2.95. The summed E-state index contributed by atoms with van der Waals surface area (Å²) in [5.41, 5.74) is 7.54. The zero-order valence-electron chi connectivity index (χ0n) is 10.6. The van der Waals surface area contributed by atoms with E-state index in [1.807, 2.05) is 19.4 Å². The number of nitrogens with one attached hydrogen (secondary N) is 1. The first-order valence-corrected chi connectivity index (χ1v) is 6.28. The Morgan fingerprint density at radius 2 is 2.32 bits per heavy atom. The maximum absolute atomic E-state index is 13.6. The van der Waals surface area contributed by atoms with E-state index in [0.29, 0.717) is 12.2 Å². The van der Waals surface area contributed by atoms with E-state index in [2.05, 4.69) is 10.4 Å². The summed E-state index contributed by atoms with van der Waals surface area (Å²) in [5, 5.41) is 7.24. The average molecular weight is 278 g/mol. The van der Waals surface area contributed by atoms with Crippen LogP contribution in [0.2, 0.25) is 0 Å². The van der Waals surface area contributed by atoms with E-state index < -0.39 is 5.82 Å². The SMILES string of the molecule is Cn1cc(CCNc2cccc(F)c2C(N)=S)cn1. The van der Waals surface area contributed by atoms with Crippen molar-refractivity contribution >= 4 is 22.9 Å². The Kier molecular flexibility index (Phi) is 4.11. The lowest BCUT2D eigenvalue weighted by molar-refractivity contribution is 0.626. The Labute approximate surface area is 116 Å². The second-order valence-electron chi connectivity index (χ2n) is 4.23. The summed E-state index contributed by atoms with van der Waals surface area (Å²) in [6.07, 6.45) is 4.55. The minimum Gasteiger partial charge on any atom is -0.389 e. The first-order chi connectivity index (χ1) is 9.08. The first-order valence-electron chi connectivity index (χ1n) is 5.87. The van der Waals surface area contributed by atoms with Crippen LogP contribution in [0.3, 0.4) is 0 Å². The van der Waals surface area contributed by atoms with Gasteiger partial charge in [0.25, 0.3) is 0 Å². The van der Waals surface area contributed by atoms with Gasteiger partial charge in [0.1, 0.15) is 10.8 Å². The highest BCUT2D eigenvalue weighted by Gasteiger charge is 2.10. The smallest absolute Gasteiger partial charge is 0.135 e. The van der Waals surface area contributed by atoms with Gasteiger partial charge in [0.15, 0.2) is 0 Å². The van der Waals surface area contributed by atoms with Crippen LogP contribution in [0.5, 0.6) is 0 Å². The average Bonchev–Trinajstić information content (AvgIpc) is 2.74. The van der Waals surface area contributed by atoms with Crippen LogP contribution >= 0.6 is 12.2 Å². The highest BCUT2D eigenvalue weighted by atomic mass is 32.1. The molecule has 1 aromatic heterocycles. The molecule has 0 spiro atoms. The number of aromatic nitrogens is 2. The molecule has 2 aromatic rings. The van der Waals surface area contributed by atoms with Gasteiger partial charge in [-0.25, -0.2) is 4.39 Å². The van der Waals surface area contributed by atoms with Crippen molar-refractivity contribution in [3.63, 3.8) is 0 Å². The maximum Gasteiger partial charge on any atom is 0.135 e. The lowest BCUT2D eigenvalue weighted by atomic mass is 10.1. The number of nitrogens with zero attached hydrogens (tertiary/aromatic N) is 2. The van der Waals surface area contributed by atoms with Crippen LogP contribution in [0.4, 0.5) is 10.1 Å². The third-order valence-electron chi connectivity index (χ3n) is 2.75. The number of halogens is 1. The topological polar surface area (TPSA) is 55.9 Å². The molecule has 3 N–H and O–H groups in total. The molecule has 0 bridgehead atoms. The van der Waals surface area contributed by atoms with Gasteiger partial charge in [-0.15, -0.1) is 0 Å². The van der Waals surface area contributed by atoms with E-state index >= 15 is 0 Å². The van der Waals surface area contributed by atoms with Gasteiger partial charge in [0.05, 0.1) is 11.8 Å². The molecule has 1 aromatic carbocycles. The van der Waals surface area contributed by atoms with Crippen molar-refractivity contribution in [2.24, 2.45) is 12.8 Å². The molecule has 0 radical (unpaired) electrons. The van der Waals surface area contributed by atoms with Crippen molar-refractivity contribution in [1.82, 2.24) is 9.78 Å². The summed E-state index contributed by atoms with van der Waals surface area (Å²) in [6, 6.07) is 4.74. The lowest BCUT2D eigenvalue weighted by Crippen LogP contribution is -2.16. The molecule has 6 heteroatoms. The highest BCUT2D eigenvalue weighted by molar-refractivity contribution is 7.80. The molecular weight excluding hydrogens is 263 g/mol. The van der Waals surface area contributed by atoms with Crippen molar-refractivity contribution in [1.29, 1.82) is 0 Å². The molecule has 0 fully saturated rings. The Bertz CT molecular complexity index is 594. The predicted octanol–water partition coefficient (Wildman–Crippen LogP) is 1.85. The van der Waals surface area contributed by atoms with E-state index in [1.165, 1.54) is 6.07 Å². The molecule has 0 amide bonds. The number of thiocarbonyl (C=S) groups is 1. The largest absolute Gasteiger partial charge is 0.389 e. The summed E-state index contributed by atoms with van der Waals surface area (Å²) < 4.78 is 15.4. The van der Waals surface area contributed by atoms with Crippen LogP contribution in [0.1, 0.15) is 11.1 Å². The molecular formula is C13H15FN4S. The van der Waals surface area contributed by atoms with Crippen LogP contribution in [0, 0.1) is 5.82 Å². The van der Waals surface area contributed by atoms with Crippen LogP contribution in [-0.4, -0.2) is 21.3 Å². The van der Waals surface area contributed by atoms with Crippen molar-refractivity contribution in [3.8, 4) is 0 Å². The van der Waals surface area contributed by atoms with E-state index in [0.717, 1.165) is 12.0 Å². The van der Waals surface area contributed by atoms with Crippen LogP contribution in [-0.2, 0) is 13.5 Å². The molecule has 19 heavy (non-hydrogen) atoms. The van der Waals surface area contributed by atoms with Crippen LogP contribution < -0.4 is 11.1 Å². The normalized spacial score (nSPS) is 10.4.